The van der Waals surface area contributed by atoms with E-state index in [2.05, 4.69) is 96.2 Å². The average molecular weight is 550 g/mol. The molecule has 0 saturated carbocycles. The first-order valence-electron chi connectivity index (χ1n) is 13.3. The van der Waals surface area contributed by atoms with Crippen molar-refractivity contribution in [3.63, 3.8) is 0 Å². The van der Waals surface area contributed by atoms with Gasteiger partial charge in [0, 0.05) is 49.6 Å². The Labute approximate surface area is 238 Å². The molecule has 0 aromatic carbocycles. The van der Waals surface area contributed by atoms with Gasteiger partial charge < -0.3 is 0 Å². The van der Waals surface area contributed by atoms with Gasteiger partial charge in [-0.3, -0.25) is 19.9 Å². The summed E-state index contributed by atoms with van der Waals surface area (Å²) in [5, 5.41) is 0. The average Bonchev–Trinajstić information content (AvgIpc) is 2.93. The molecule has 0 saturated heterocycles. The van der Waals surface area contributed by atoms with Gasteiger partial charge in [0.15, 0.2) is 0 Å². The first-order chi connectivity index (χ1) is 17.7. The number of hydrogen-bond acceptors (Lipinski definition) is 4. The molecule has 4 heterocycles. The molecule has 0 fully saturated rings. The van der Waals surface area contributed by atoms with Crippen molar-refractivity contribution in [3.8, 4) is 0 Å². The Bertz CT molecular complexity index is 803. The SMILES string of the molecule is CCCc1ccncc1.CCCc1ccncc1.CCCc1ccncc1.CCCc1ccncc1.[Zn+2]. The monoisotopic (exact) mass is 548 g/mol. The number of hydrogen-bond donors (Lipinski definition) is 0. The first-order valence-corrected chi connectivity index (χ1v) is 13.3. The number of pyridine rings is 4. The Balaban J connectivity index is 0.000000463. The number of aryl methyl sites for hydroxylation is 4. The van der Waals surface area contributed by atoms with Crippen LogP contribution in [0.3, 0.4) is 0 Å². The molecule has 0 bridgehead atoms. The third-order valence-electron chi connectivity index (χ3n) is 5.15. The fourth-order valence-corrected chi connectivity index (χ4v) is 3.35. The van der Waals surface area contributed by atoms with Gasteiger partial charge in [-0.2, -0.15) is 0 Å². The normalized spacial score (nSPS) is 9.19. The van der Waals surface area contributed by atoms with Crippen molar-refractivity contribution in [2.45, 2.75) is 79.1 Å². The molecule has 0 aliphatic carbocycles. The predicted molar refractivity (Wildman–Crippen MR) is 153 cm³/mol. The third kappa shape index (κ3) is 19.1. The zero-order valence-electron chi connectivity index (χ0n) is 23.4. The van der Waals surface area contributed by atoms with Crippen molar-refractivity contribution in [2.24, 2.45) is 0 Å². The van der Waals surface area contributed by atoms with Gasteiger partial charge in [-0.25, -0.2) is 0 Å². The van der Waals surface area contributed by atoms with Gasteiger partial charge in [-0.1, -0.05) is 53.4 Å². The smallest absolute Gasteiger partial charge is 0.265 e. The van der Waals surface area contributed by atoms with E-state index in [0.29, 0.717) is 0 Å². The maximum Gasteiger partial charge on any atom is 2.00 e. The second-order valence-corrected chi connectivity index (χ2v) is 8.42. The van der Waals surface area contributed by atoms with E-state index in [-0.39, 0.29) is 19.5 Å². The van der Waals surface area contributed by atoms with Gasteiger partial charge in [0.1, 0.15) is 0 Å². The summed E-state index contributed by atoms with van der Waals surface area (Å²) < 4.78 is 0. The van der Waals surface area contributed by atoms with E-state index < -0.39 is 0 Å². The number of aromatic nitrogens is 4. The molecule has 37 heavy (non-hydrogen) atoms. The Hall–Kier alpha value is -2.78. The van der Waals surface area contributed by atoms with Crippen LogP contribution in [0.2, 0.25) is 0 Å². The Morgan fingerprint density at radius 2 is 0.514 bits per heavy atom. The minimum Gasteiger partial charge on any atom is -0.265 e. The molecule has 5 heteroatoms. The van der Waals surface area contributed by atoms with Crippen LogP contribution in [-0.2, 0) is 45.2 Å². The van der Waals surface area contributed by atoms with Gasteiger partial charge >= 0.3 is 19.5 Å². The van der Waals surface area contributed by atoms with Crippen LogP contribution in [0, 0.1) is 0 Å². The molecule has 4 rings (SSSR count). The van der Waals surface area contributed by atoms with Gasteiger partial charge in [-0.05, 0) is 96.5 Å². The Kier molecular flexibility index (Phi) is 23.0. The van der Waals surface area contributed by atoms with Crippen LogP contribution in [0.15, 0.2) is 98.1 Å². The van der Waals surface area contributed by atoms with Crippen LogP contribution in [0.25, 0.3) is 0 Å². The molecule has 4 aromatic rings. The van der Waals surface area contributed by atoms with Crippen molar-refractivity contribution in [3.05, 3.63) is 120 Å². The Morgan fingerprint density at radius 3 is 0.649 bits per heavy atom. The fourth-order valence-electron chi connectivity index (χ4n) is 3.35. The summed E-state index contributed by atoms with van der Waals surface area (Å²) in [7, 11) is 0. The minimum absolute atomic E-state index is 0. The van der Waals surface area contributed by atoms with Gasteiger partial charge in [0.2, 0.25) is 0 Å². The second-order valence-electron chi connectivity index (χ2n) is 8.42. The third-order valence-corrected chi connectivity index (χ3v) is 5.15. The fraction of sp³-hybridized carbons (Fsp3) is 0.375. The molecule has 0 aliphatic rings. The molecule has 0 atom stereocenters. The summed E-state index contributed by atoms with van der Waals surface area (Å²) in [5.41, 5.74) is 5.53. The van der Waals surface area contributed by atoms with Gasteiger partial charge in [0.05, 0.1) is 0 Å². The van der Waals surface area contributed by atoms with Gasteiger partial charge in [0.25, 0.3) is 0 Å². The second kappa shape index (κ2) is 24.9. The predicted octanol–water partition coefficient (Wildman–Crippen LogP) is 8.13. The van der Waals surface area contributed by atoms with Crippen molar-refractivity contribution in [1.82, 2.24) is 19.9 Å². The maximum atomic E-state index is 3.93. The van der Waals surface area contributed by atoms with Crippen molar-refractivity contribution < 1.29 is 19.5 Å². The summed E-state index contributed by atoms with van der Waals surface area (Å²) in [6.07, 6.45) is 24.2. The number of nitrogens with zero attached hydrogens (tertiary/aromatic N) is 4. The molecule has 192 valence electrons. The van der Waals surface area contributed by atoms with E-state index in [4.69, 9.17) is 0 Å². The zero-order valence-corrected chi connectivity index (χ0v) is 26.4. The van der Waals surface area contributed by atoms with Crippen molar-refractivity contribution in [2.75, 3.05) is 0 Å². The van der Waals surface area contributed by atoms with Crippen LogP contribution in [-0.4, -0.2) is 19.9 Å². The summed E-state index contributed by atoms with van der Waals surface area (Å²) >= 11 is 0. The quantitative estimate of drug-likeness (QED) is 0.208. The van der Waals surface area contributed by atoms with Crippen LogP contribution >= 0.6 is 0 Å². The molecular weight excluding hydrogens is 506 g/mol. The molecule has 0 amide bonds. The summed E-state index contributed by atoms with van der Waals surface area (Å²) in [4.78, 5) is 15.7. The van der Waals surface area contributed by atoms with E-state index in [1.807, 2.05) is 49.6 Å². The molecular formula is C32H44N4Zn+2. The summed E-state index contributed by atoms with van der Waals surface area (Å²) in [6, 6.07) is 16.5. The molecule has 0 radical (unpaired) electrons. The number of rotatable bonds is 8. The van der Waals surface area contributed by atoms with Crippen LogP contribution in [0.1, 0.15) is 75.6 Å². The Morgan fingerprint density at radius 1 is 0.351 bits per heavy atom. The van der Waals surface area contributed by atoms with E-state index in [9.17, 15) is 0 Å². The van der Waals surface area contributed by atoms with E-state index in [1.54, 1.807) is 0 Å². The maximum absolute atomic E-state index is 3.93. The zero-order chi connectivity index (χ0) is 26.1. The molecule has 0 N–H and O–H groups in total. The van der Waals surface area contributed by atoms with E-state index in [1.165, 1.54) is 73.6 Å². The standard InChI is InChI=1S/4C8H11N.Zn/c4*1-2-3-8-4-6-9-7-5-8;/h4*4-7H,2-3H2,1H3;/q;;;;+2. The van der Waals surface area contributed by atoms with Crippen LogP contribution in [0.4, 0.5) is 0 Å². The van der Waals surface area contributed by atoms with Crippen molar-refractivity contribution in [1.29, 1.82) is 0 Å². The van der Waals surface area contributed by atoms with Gasteiger partial charge in [-0.15, -0.1) is 0 Å². The summed E-state index contributed by atoms with van der Waals surface area (Å²) in [6.45, 7) is 8.72. The van der Waals surface area contributed by atoms with E-state index >= 15 is 0 Å². The van der Waals surface area contributed by atoms with E-state index in [0.717, 1.165) is 0 Å². The molecule has 0 spiro atoms. The topological polar surface area (TPSA) is 51.6 Å². The summed E-state index contributed by atoms with van der Waals surface area (Å²) in [5.74, 6) is 0. The first kappa shape index (κ1) is 34.2. The molecule has 0 unspecified atom stereocenters. The molecule has 4 aromatic heterocycles. The molecule has 0 aliphatic heterocycles. The van der Waals surface area contributed by atoms with Crippen molar-refractivity contribution >= 4 is 0 Å². The largest absolute Gasteiger partial charge is 2.00 e. The minimum atomic E-state index is 0. The molecule has 4 nitrogen and oxygen atoms in total. The van der Waals surface area contributed by atoms with Crippen LogP contribution in [0.5, 0.6) is 0 Å². The van der Waals surface area contributed by atoms with Crippen LogP contribution < -0.4 is 0 Å².